The van der Waals surface area contributed by atoms with Gasteiger partial charge in [0, 0.05) is 38.5 Å². The van der Waals surface area contributed by atoms with Crippen LogP contribution in [0.25, 0.3) is 0 Å². The molecule has 0 aromatic carbocycles. The number of anilines is 2. The van der Waals surface area contributed by atoms with Crippen molar-refractivity contribution in [3.63, 3.8) is 0 Å². The summed E-state index contributed by atoms with van der Waals surface area (Å²) in [7, 11) is -2.55. The molecule has 1 aliphatic heterocycles. The predicted molar refractivity (Wildman–Crippen MR) is 123 cm³/mol. The highest BCUT2D eigenvalue weighted by molar-refractivity contribution is 7.90. The van der Waals surface area contributed by atoms with Crippen LogP contribution in [0.1, 0.15) is 44.0 Å². The number of rotatable bonds is 9. The molecule has 0 bridgehead atoms. The van der Waals surface area contributed by atoms with Crippen molar-refractivity contribution < 1.29 is 17.9 Å². The summed E-state index contributed by atoms with van der Waals surface area (Å²) in [5.74, 6) is 0.598. The second-order valence-corrected chi connectivity index (χ2v) is 10.3. The first kappa shape index (κ1) is 23.9. The van der Waals surface area contributed by atoms with E-state index >= 15 is 0 Å². The van der Waals surface area contributed by atoms with Gasteiger partial charge in [-0.25, -0.2) is 14.7 Å². The first-order valence-corrected chi connectivity index (χ1v) is 12.1. The van der Waals surface area contributed by atoms with E-state index in [1.807, 2.05) is 0 Å². The van der Waals surface area contributed by atoms with Crippen LogP contribution in [-0.2, 0) is 14.8 Å². The fourth-order valence-electron chi connectivity index (χ4n) is 4.07. The SMILES string of the molecule is COCCCNc1cccc(S(=O)(=O)NC(=O)c2cccnc2N2CC(C)CC2(C)C)n1. The molecule has 1 unspecified atom stereocenters. The highest BCUT2D eigenvalue weighted by Crippen LogP contribution is 2.37. The van der Waals surface area contributed by atoms with Crippen molar-refractivity contribution in [3.8, 4) is 0 Å². The molecule has 1 atom stereocenters. The number of aromatic nitrogens is 2. The number of hydrogen-bond donors (Lipinski definition) is 2. The maximum Gasteiger partial charge on any atom is 0.281 e. The summed E-state index contributed by atoms with van der Waals surface area (Å²) in [5.41, 5.74) is 0.0265. The van der Waals surface area contributed by atoms with E-state index in [-0.39, 0.29) is 16.1 Å². The molecule has 9 nitrogen and oxygen atoms in total. The van der Waals surface area contributed by atoms with E-state index in [0.717, 1.165) is 19.4 Å². The van der Waals surface area contributed by atoms with E-state index in [2.05, 4.69) is 45.7 Å². The Labute approximate surface area is 189 Å². The average molecular weight is 462 g/mol. The summed E-state index contributed by atoms with van der Waals surface area (Å²) in [6.45, 7) is 8.25. The molecule has 1 fully saturated rings. The van der Waals surface area contributed by atoms with Crippen molar-refractivity contribution in [1.29, 1.82) is 0 Å². The van der Waals surface area contributed by atoms with E-state index in [9.17, 15) is 13.2 Å². The van der Waals surface area contributed by atoms with Crippen LogP contribution >= 0.6 is 0 Å². The van der Waals surface area contributed by atoms with Gasteiger partial charge in [0.05, 0.1) is 5.56 Å². The van der Waals surface area contributed by atoms with Crippen LogP contribution in [0, 0.1) is 5.92 Å². The summed E-state index contributed by atoms with van der Waals surface area (Å²) in [4.78, 5) is 23.6. The number of nitrogens with zero attached hydrogens (tertiary/aromatic N) is 3. The fourth-order valence-corrected chi connectivity index (χ4v) is 5.01. The van der Waals surface area contributed by atoms with Crippen molar-refractivity contribution in [1.82, 2.24) is 14.7 Å². The van der Waals surface area contributed by atoms with Gasteiger partial charge in [-0.3, -0.25) is 4.79 Å². The molecule has 3 heterocycles. The molecule has 0 spiro atoms. The number of sulfonamides is 1. The van der Waals surface area contributed by atoms with Crippen LogP contribution in [0.5, 0.6) is 0 Å². The van der Waals surface area contributed by atoms with Gasteiger partial charge >= 0.3 is 0 Å². The van der Waals surface area contributed by atoms with Crippen LogP contribution in [0.3, 0.4) is 0 Å². The van der Waals surface area contributed by atoms with E-state index < -0.39 is 15.9 Å². The lowest BCUT2D eigenvalue weighted by atomic mass is 9.97. The normalized spacial score (nSPS) is 17.9. The molecule has 0 radical (unpaired) electrons. The zero-order valence-corrected chi connectivity index (χ0v) is 19.8. The number of ether oxygens (including phenoxy) is 1. The van der Waals surface area contributed by atoms with Crippen LogP contribution in [0.2, 0.25) is 0 Å². The van der Waals surface area contributed by atoms with E-state index in [0.29, 0.717) is 30.7 Å². The average Bonchev–Trinajstić information content (AvgIpc) is 3.03. The molecule has 2 aromatic rings. The van der Waals surface area contributed by atoms with Crippen LogP contribution in [0.15, 0.2) is 41.6 Å². The molecule has 3 rings (SSSR count). The highest BCUT2D eigenvalue weighted by atomic mass is 32.2. The van der Waals surface area contributed by atoms with Crippen LogP contribution in [0.4, 0.5) is 11.6 Å². The van der Waals surface area contributed by atoms with Crippen LogP contribution in [-0.4, -0.2) is 56.6 Å². The summed E-state index contributed by atoms with van der Waals surface area (Å²) < 4.78 is 32.9. The van der Waals surface area contributed by atoms with Crippen molar-refractivity contribution in [2.45, 2.75) is 44.2 Å². The third kappa shape index (κ3) is 5.55. The van der Waals surface area contributed by atoms with Gasteiger partial charge in [-0.15, -0.1) is 0 Å². The molecule has 0 aliphatic carbocycles. The maximum absolute atomic E-state index is 13.0. The summed E-state index contributed by atoms with van der Waals surface area (Å²) >= 11 is 0. The van der Waals surface area contributed by atoms with Gasteiger partial charge in [0.2, 0.25) is 0 Å². The fraction of sp³-hybridized carbons (Fsp3) is 0.500. The van der Waals surface area contributed by atoms with Gasteiger partial charge in [-0.2, -0.15) is 8.42 Å². The van der Waals surface area contributed by atoms with Gasteiger partial charge in [-0.05, 0) is 56.9 Å². The number of carbonyl (C=O) groups is 1. The molecule has 10 heteroatoms. The quantitative estimate of drug-likeness (QED) is 0.548. The Morgan fingerprint density at radius 3 is 2.75 bits per heavy atom. The molecule has 2 aromatic heterocycles. The minimum absolute atomic E-state index is 0.188. The minimum atomic E-state index is -4.17. The molecule has 0 saturated carbocycles. The van der Waals surface area contributed by atoms with Crippen molar-refractivity contribution >= 4 is 27.6 Å². The lowest BCUT2D eigenvalue weighted by Crippen LogP contribution is -2.41. The Kier molecular flexibility index (Phi) is 7.35. The predicted octanol–water partition coefficient (Wildman–Crippen LogP) is 2.67. The van der Waals surface area contributed by atoms with E-state index in [4.69, 9.17) is 4.74 Å². The molecule has 32 heavy (non-hydrogen) atoms. The second-order valence-electron chi connectivity index (χ2n) is 8.68. The number of amides is 1. The first-order valence-electron chi connectivity index (χ1n) is 10.6. The molecule has 1 saturated heterocycles. The van der Waals surface area contributed by atoms with Crippen molar-refractivity contribution in [2.24, 2.45) is 5.92 Å². The third-order valence-electron chi connectivity index (χ3n) is 5.42. The number of methoxy groups -OCH3 is 1. The van der Waals surface area contributed by atoms with E-state index in [1.165, 1.54) is 6.07 Å². The Morgan fingerprint density at radius 2 is 2.06 bits per heavy atom. The third-order valence-corrected chi connectivity index (χ3v) is 6.65. The van der Waals surface area contributed by atoms with Gasteiger partial charge in [0.25, 0.3) is 15.9 Å². The highest BCUT2D eigenvalue weighted by Gasteiger charge is 2.39. The summed E-state index contributed by atoms with van der Waals surface area (Å²) in [6.07, 6.45) is 3.32. The summed E-state index contributed by atoms with van der Waals surface area (Å²) in [5, 5.41) is 2.82. The molecule has 1 aliphatic rings. The summed E-state index contributed by atoms with van der Waals surface area (Å²) in [6, 6.07) is 7.82. The lowest BCUT2D eigenvalue weighted by Gasteiger charge is -2.33. The maximum atomic E-state index is 13.0. The van der Waals surface area contributed by atoms with Gasteiger partial charge in [0.15, 0.2) is 5.03 Å². The molecule has 2 N–H and O–H groups in total. The monoisotopic (exact) mass is 461 g/mol. The lowest BCUT2D eigenvalue weighted by molar-refractivity contribution is 0.0981. The molecular formula is C22H31N5O4S. The molecule has 174 valence electrons. The first-order chi connectivity index (χ1) is 15.1. The zero-order chi connectivity index (χ0) is 23.4. The van der Waals surface area contributed by atoms with Crippen LogP contribution < -0.4 is 14.9 Å². The standard InChI is InChI=1S/C22H31N5O4S/c1-16-14-22(2,3)27(15-16)20-17(8-6-11-24-20)21(28)26-32(29,30)19-10-5-9-18(25-19)23-12-7-13-31-4/h5-6,8-11,16H,7,12-15H2,1-4H3,(H,23,25)(H,26,28). The molecular weight excluding hydrogens is 430 g/mol. The largest absolute Gasteiger partial charge is 0.385 e. The van der Waals surface area contributed by atoms with E-state index in [1.54, 1.807) is 37.6 Å². The number of hydrogen-bond acceptors (Lipinski definition) is 8. The van der Waals surface area contributed by atoms with Gasteiger partial charge in [-0.1, -0.05) is 13.0 Å². The topological polar surface area (TPSA) is 114 Å². The van der Waals surface area contributed by atoms with Gasteiger partial charge in [0.1, 0.15) is 11.6 Å². The minimum Gasteiger partial charge on any atom is -0.385 e. The van der Waals surface area contributed by atoms with Gasteiger partial charge < -0.3 is 15.0 Å². The smallest absolute Gasteiger partial charge is 0.281 e. The Bertz CT molecular complexity index is 1060. The Morgan fingerprint density at radius 1 is 1.28 bits per heavy atom. The Hall–Kier alpha value is -2.72. The Balaban J connectivity index is 1.79. The van der Waals surface area contributed by atoms with Crippen molar-refractivity contribution in [2.75, 3.05) is 37.0 Å². The number of nitrogens with one attached hydrogen (secondary N) is 2. The van der Waals surface area contributed by atoms with Crippen molar-refractivity contribution in [3.05, 3.63) is 42.1 Å². The molecule has 1 amide bonds. The zero-order valence-electron chi connectivity index (χ0n) is 19.0. The number of pyridine rings is 2. The number of carbonyl (C=O) groups excluding carboxylic acids is 1. The second kappa shape index (κ2) is 9.83.